The molecule has 0 atom stereocenters. The van der Waals surface area contributed by atoms with E-state index >= 15 is 0 Å². The Kier molecular flexibility index (Phi) is 9.14. The van der Waals surface area contributed by atoms with Crippen LogP contribution in [0.25, 0.3) is 11.1 Å². The molecular formula is C37H42O3. The van der Waals surface area contributed by atoms with E-state index in [1.165, 1.54) is 5.56 Å². The van der Waals surface area contributed by atoms with E-state index < -0.39 is 0 Å². The lowest BCUT2D eigenvalue weighted by Crippen LogP contribution is -2.30. The first-order valence-electron chi connectivity index (χ1n) is 14.5. The van der Waals surface area contributed by atoms with Crippen LogP contribution in [-0.2, 0) is 5.41 Å². The number of hydrogen-bond acceptors (Lipinski definition) is 3. The maximum absolute atomic E-state index is 13.1. The monoisotopic (exact) mass is 534 g/mol. The van der Waals surface area contributed by atoms with Crippen molar-refractivity contribution in [1.29, 1.82) is 0 Å². The van der Waals surface area contributed by atoms with E-state index in [-0.39, 0.29) is 16.8 Å². The van der Waals surface area contributed by atoms with Crippen molar-refractivity contribution in [3.05, 3.63) is 114 Å². The number of benzene rings is 4. The third-order valence-corrected chi connectivity index (χ3v) is 8.66. The molecule has 40 heavy (non-hydrogen) atoms. The molecule has 0 amide bonds. The molecule has 0 spiro atoms. The van der Waals surface area contributed by atoms with Crippen LogP contribution < -0.4 is 9.47 Å². The Morgan fingerprint density at radius 1 is 0.550 bits per heavy atom. The Labute approximate surface area is 240 Å². The van der Waals surface area contributed by atoms with Crippen LogP contribution in [0.3, 0.4) is 0 Å². The highest BCUT2D eigenvalue weighted by Gasteiger charge is 2.23. The SMILES string of the molecule is CCC(C)(CC)Oc1ccc(-c2ccc(Oc3ccc(C(=O)c4ccc(C(C)(CC)CC)cc4)cc3)cc2)cc1. The molecule has 0 radical (unpaired) electrons. The van der Waals surface area contributed by atoms with Crippen LogP contribution in [0.5, 0.6) is 17.2 Å². The molecule has 3 heteroatoms. The van der Waals surface area contributed by atoms with E-state index in [0.717, 1.165) is 48.3 Å². The average molecular weight is 535 g/mol. The normalized spacial score (nSPS) is 11.8. The Hall–Kier alpha value is -3.85. The van der Waals surface area contributed by atoms with E-state index in [4.69, 9.17) is 9.47 Å². The van der Waals surface area contributed by atoms with Gasteiger partial charge in [0.25, 0.3) is 0 Å². The van der Waals surface area contributed by atoms with Gasteiger partial charge in [0.05, 0.1) is 0 Å². The number of ether oxygens (including phenoxy) is 2. The van der Waals surface area contributed by atoms with E-state index in [1.807, 2.05) is 60.7 Å². The number of hydrogen-bond donors (Lipinski definition) is 0. The van der Waals surface area contributed by atoms with Gasteiger partial charge in [0, 0.05) is 11.1 Å². The molecule has 208 valence electrons. The zero-order valence-corrected chi connectivity index (χ0v) is 24.8. The first-order valence-corrected chi connectivity index (χ1v) is 14.5. The lowest BCUT2D eigenvalue weighted by atomic mass is 9.77. The first kappa shape index (κ1) is 29.1. The summed E-state index contributed by atoms with van der Waals surface area (Å²) in [7, 11) is 0. The van der Waals surface area contributed by atoms with Crippen LogP contribution in [0, 0.1) is 0 Å². The molecule has 0 aliphatic heterocycles. The van der Waals surface area contributed by atoms with Gasteiger partial charge in [0.1, 0.15) is 22.8 Å². The number of rotatable bonds is 12. The summed E-state index contributed by atoms with van der Waals surface area (Å²) in [5.41, 5.74) is 4.87. The van der Waals surface area contributed by atoms with Crippen molar-refractivity contribution in [1.82, 2.24) is 0 Å². The highest BCUT2D eigenvalue weighted by atomic mass is 16.5. The van der Waals surface area contributed by atoms with Crippen molar-refractivity contribution in [3.8, 4) is 28.4 Å². The molecule has 0 bridgehead atoms. The summed E-state index contributed by atoms with van der Waals surface area (Å²) < 4.78 is 12.3. The summed E-state index contributed by atoms with van der Waals surface area (Å²) in [4.78, 5) is 13.1. The molecule has 4 aromatic carbocycles. The summed E-state index contributed by atoms with van der Waals surface area (Å²) in [6.07, 6.45) is 4.08. The minimum atomic E-state index is -0.136. The van der Waals surface area contributed by atoms with Crippen molar-refractivity contribution in [3.63, 3.8) is 0 Å². The van der Waals surface area contributed by atoms with E-state index in [1.54, 1.807) is 0 Å². The number of ketones is 1. The molecule has 4 aromatic rings. The smallest absolute Gasteiger partial charge is 0.193 e. The van der Waals surface area contributed by atoms with Gasteiger partial charge < -0.3 is 9.47 Å². The van der Waals surface area contributed by atoms with Crippen LogP contribution in [0.15, 0.2) is 97.1 Å². The van der Waals surface area contributed by atoms with Gasteiger partial charge in [-0.05, 0) is 103 Å². The Bertz CT molecular complexity index is 1370. The van der Waals surface area contributed by atoms with Gasteiger partial charge >= 0.3 is 0 Å². The number of carbonyl (C=O) groups excluding carboxylic acids is 1. The molecule has 4 rings (SSSR count). The van der Waals surface area contributed by atoms with Crippen LogP contribution in [-0.4, -0.2) is 11.4 Å². The molecule has 0 heterocycles. The first-order chi connectivity index (χ1) is 19.2. The highest BCUT2D eigenvalue weighted by Crippen LogP contribution is 2.32. The summed E-state index contributed by atoms with van der Waals surface area (Å²) >= 11 is 0. The van der Waals surface area contributed by atoms with Crippen molar-refractivity contribution < 1.29 is 14.3 Å². The van der Waals surface area contributed by atoms with E-state index in [2.05, 4.69) is 77.9 Å². The summed E-state index contributed by atoms with van der Waals surface area (Å²) in [5, 5.41) is 0. The van der Waals surface area contributed by atoms with E-state index in [9.17, 15) is 4.79 Å². The predicted octanol–water partition coefficient (Wildman–Crippen LogP) is 10.4. The van der Waals surface area contributed by atoms with Crippen LogP contribution in [0.1, 0.15) is 88.7 Å². The van der Waals surface area contributed by atoms with Gasteiger partial charge in [-0.3, -0.25) is 4.79 Å². The molecule has 0 aromatic heterocycles. The van der Waals surface area contributed by atoms with Gasteiger partial charge in [0.2, 0.25) is 0 Å². The highest BCUT2D eigenvalue weighted by molar-refractivity contribution is 6.09. The van der Waals surface area contributed by atoms with Gasteiger partial charge in [-0.25, -0.2) is 0 Å². The van der Waals surface area contributed by atoms with Gasteiger partial charge in [-0.15, -0.1) is 0 Å². The quantitative estimate of drug-likeness (QED) is 0.170. The largest absolute Gasteiger partial charge is 0.488 e. The maximum atomic E-state index is 13.1. The fourth-order valence-electron chi connectivity index (χ4n) is 4.77. The van der Waals surface area contributed by atoms with E-state index in [0.29, 0.717) is 16.9 Å². The summed E-state index contributed by atoms with van der Waals surface area (Å²) in [6, 6.07) is 31.7. The zero-order chi connectivity index (χ0) is 28.8. The van der Waals surface area contributed by atoms with Crippen molar-refractivity contribution in [2.24, 2.45) is 0 Å². The fraction of sp³-hybridized carbons (Fsp3) is 0.324. The fourth-order valence-corrected chi connectivity index (χ4v) is 4.77. The molecule has 0 aliphatic rings. The van der Waals surface area contributed by atoms with Gasteiger partial charge in [-0.2, -0.15) is 0 Å². The lowest BCUT2D eigenvalue weighted by Gasteiger charge is -2.28. The molecular weight excluding hydrogens is 492 g/mol. The lowest BCUT2D eigenvalue weighted by molar-refractivity contribution is 0.0803. The van der Waals surface area contributed by atoms with Gasteiger partial charge in [-0.1, -0.05) is 83.1 Å². The Morgan fingerprint density at radius 3 is 1.38 bits per heavy atom. The molecule has 0 unspecified atom stereocenters. The van der Waals surface area contributed by atoms with Gasteiger partial charge in [0.15, 0.2) is 5.78 Å². The number of carbonyl (C=O) groups is 1. The molecule has 0 saturated heterocycles. The molecule has 0 saturated carbocycles. The molecule has 0 N–H and O–H groups in total. The minimum absolute atomic E-state index is 0.0163. The Morgan fingerprint density at radius 2 is 0.950 bits per heavy atom. The third kappa shape index (κ3) is 6.65. The maximum Gasteiger partial charge on any atom is 0.193 e. The van der Waals surface area contributed by atoms with Crippen LogP contribution in [0.4, 0.5) is 0 Å². The second-order valence-electron chi connectivity index (χ2n) is 11.1. The standard InChI is InChI=1S/C37H42O3/c1-7-36(5,8-2)31-19-11-29(12-20-31)35(38)30-17-23-33(24-18-30)39-32-21-13-27(14-22-32)28-15-25-34(26-16-28)40-37(6,9-3)10-4/h11-26H,7-10H2,1-6H3. The van der Waals surface area contributed by atoms with Crippen LogP contribution in [0.2, 0.25) is 0 Å². The van der Waals surface area contributed by atoms with Crippen LogP contribution >= 0.6 is 0 Å². The minimum Gasteiger partial charge on any atom is -0.488 e. The molecule has 3 nitrogen and oxygen atoms in total. The topological polar surface area (TPSA) is 35.5 Å². The van der Waals surface area contributed by atoms with Crippen molar-refractivity contribution in [2.45, 2.75) is 78.2 Å². The second kappa shape index (κ2) is 12.6. The Balaban J connectivity index is 1.38. The average Bonchev–Trinajstić information content (AvgIpc) is 3.01. The predicted molar refractivity (Wildman–Crippen MR) is 166 cm³/mol. The van der Waals surface area contributed by atoms with Crippen molar-refractivity contribution >= 4 is 5.78 Å². The molecule has 0 fully saturated rings. The summed E-state index contributed by atoms with van der Waals surface area (Å²) in [5.74, 6) is 2.35. The second-order valence-corrected chi connectivity index (χ2v) is 11.1. The third-order valence-electron chi connectivity index (χ3n) is 8.66. The molecule has 0 aliphatic carbocycles. The zero-order valence-electron chi connectivity index (χ0n) is 24.8. The summed E-state index contributed by atoms with van der Waals surface area (Å²) in [6.45, 7) is 13.2. The van der Waals surface area contributed by atoms with Crippen molar-refractivity contribution in [2.75, 3.05) is 0 Å².